The lowest BCUT2D eigenvalue weighted by Crippen LogP contribution is -2.23. The van der Waals surface area contributed by atoms with Gasteiger partial charge in [-0.25, -0.2) is 0 Å². The van der Waals surface area contributed by atoms with Gasteiger partial charge in [-0.1, -0.05) is 140 Å². The summed E-state index contributed by atoms with van der Waals surface area (Å²) >= 11 is 0. The van der Waals surface area contributed by atoms with E-state index >= 15 is 0 Å². The summed E-state index contributed by atoms with van der Waals surface area (Å²) in [7, 11) is 2.25. The second-order valence-electron chi connectivity index (χ2n) is 14.1. The standard InChI is InChI=1S/C43H79NO2/c1-4-6-8-10-12-14-16-18-20-22-24-26-28-30-32-34-36-45-40-42-38-44(3)39-43(42)41-46-37-35-33-31-29-27-25-23-21-19-17-15-13-11-9-7-5-2/h12-15,18-21,42-43H,4-11,16-17,22-41H2,1-3H3/b14-12-,15-13-,20-18-,21-19-/t42-,43+. The largest absolute Gasteiger partial charge is 0.381 e. The van der Waals surface area contributed by atoms with E-state index in [0.29, 0.717) is 11.8 Å². The predicted molar refractivity (Wildman–Crippen MR) is 205 cm³/mol. The minimum absolute atomic E-state index is 0.630. The molecule has 0 saturated carbocycles. The molecule has 1 aliphatic heterocycles. The first kappa shape index (κ1) is 42.9. The van der Waals surface area contributed by atoms with Crippen LogP contribution in [0, 0.1) is 11.8 Å². The van der Waals surface area contributed by atoms with E-state index in [4.69, 9.17) is 9.47 Å². The van der Waals surface area contributed by atoms with Crippen molar-refractivity contribution >= 4 is 0 Å². The Morgan fingerprint density at radius 1 is 0.435 bits per heavy atom. The summed E-state index contributed by atoms with van der Waals surface area (Å²) in [5, 5.41) is 0. The lowest BCUT2D eigenvalue weighted by atomic mass is 9.98. The van der Waals surface area contributed by atoms with Gasteiger partial charge in [-0.2, -0.15) is 0 Å². The van der Waals surface area contributed by atoms with Crippen LogP contribution in [0.1, 0.15) is 168 Å². The quantitative estimate of drug-likeness (QED) is 0.0515. The van der Waals surface area contributed by atoms with Gasteiger partial charge in [0.15, 0.2) is 0 Å². The number of allylic oxidation sites excluding steroid dienone is 8. The Kier molecular flexibility index (Phi) is 32.8. The van der Waals surface area contributed by atoms with E-state index in [-0.39, 0.29) is 0 Å². The van der Waals surface area contributed by atoms with Gasteiger partial charge < -0.3 is 14.4 Å². The third-order valence-corrected chi connectivity index (χ3v) is 9.40. The number of nitrogens with zero attached hydrogens (tertiary/aromatic N) is 1. The maximum Gasteiger partial charge on any atom is 0.0510 e. The van der Waals surface area contributed by atoms with Crippen LogP contribution in [0.5, 0.6) is 0 Å². The average molecular weight is 642 g/mol. The summed E-state index contributed by atoms with van der Waals surface area (Å²) in [4.78, 5) is 2.46. The van der Waals surface area contributed by atoms with Crippen molar-refractivity contribution in [3.8, 4) is 0 Å². The molecule has 0 amide bonds. The molecule has 3 heteroatoms. The maximum atomic E-state index is 6.15. The van der Waals surface area contributed by atoms with Crippen LogP contribution in [0.15, 0.2) is 48.6 Å². The van der Waals surface area contributed by atoms with Crippen LogP contribution in [-0.4, -0.2) is 51.5 Å². The molecule has 3 nitrogen and oxygen atoms in total. The first-order valence-electron chi connectivity index (χ1n) is 20.2. The third kappa shape index (κ3) is 29.0. The van der Waals surface area contributed by atoms with Crippen molar-refractivity contribution < 1.29 is 9.47 Å². The second kappa shape index (κ2) is 35.2. The van der Waals surface area contributed by atoms with Gasteiger partial charge in [-0.15, -0.1) is 0 Å². The molecule has 0 unspecified atom stereocenters. The molecule has 0 N–H and O–H groups in total. The Morgan fingerprint density at radius 3 is 1.13 bits per heavy atom. The summed E-state index contributed by atoms with van der Waals surface area (Å²) in [6.45, 7) is 10.5. The fourth-order valence-corrected chi connectivity index (χ4v) is 6.40. The normalized spacial score (nSPS) is 17.7. The average Bonchev–Trinajstić information content (AvgIpc) is 3.42. The number of ether oxygens (including phenoxy) is 2. The number of hydrogen-bond acceptors (Lipinski definition) is 3. The Labute approximate surface area is 288 Å². The van der Waals surface area contributed by atoms with Crippen LogP contribution in [0.3, 0.4) is 0 Å². The van der Waals surface area contributed by atoms with E-state index in [0.717, 1.165) is 52.4 Å². The lowest BCUT2D eigenvalue weighted by molar-refractivity contribution is 0.0482. The highest BCUT2D eigenvalue weighted by atomic mass is 16.5. The number of unbranched alkanes of at least 4 members (excludes halogenated alkanes) is 18. The molecular formula is C43H79NO2. The van der Waals surface area contributed by atoms with E-state index in [1.165, 1.54) is 141 Å². The molecule has 1 fully saturated rings. The zero-order chi connectivity index (χ0) is 33.0. The minimum atomic E-state index is 0.630. The maximum absolute atomic E-state index is 6.15. The Bertz CT molecular complexity index is 666. The fraction of sp³-hybridized carbons (Fsp3) is 0.814. The van der Waals surface area contributed by atoms with Gasteiger partial charge in [0.2, 0.25) is 0 Å². The predicted octanol–water partition coefficient (Wildman–Crippen LogP) is 12.8. The number of hydrogen-bond donors (Lipinski definition) is 0. The molecule has 1 saturated heterocycles. The van der Waals surface area contributed by atoms with Crippen molar-refractivity contribution in [1.82, 2.24) is 4.90 Å². The second-order valence-corrected chi connectivity index (χ2v) is 14.1. The molecule has 1 heterocycles. The molecule has 2 atom stereocenters. The van der Waals surface area contributed by atoms with E-state index < -0.39 is 0 Å². The molecule has 0 aromatic heterocycles. The van der Waals surface area contributed by atoms with Crippen LogP contribution in [-0.2, 0) is 9.47 Å². The molecule has 268 valence electrons. The summed E-state index contributed by atoms with van der Waals surface area (Å²) in [6, 6.07) is 0. The third-order valence-electron chi connectivity index (χ3n) is 9.40. The van der Waals surface area contributed by atoms with Gasteiger partial charge in [0.25, 0.3) is 0 Å². The van der Waals surface area contributed by atoms with E-state index in [1.807, 2.05) is 0 Å². The van der Waals surface area contributed by atoms with E-state index in [9.17, 15) is 0 Å². The monoisotopic (exact) mass is 642 g/mol. The molecular weight excluding hydrogens is 562 g/mol. The SMILES string of the molecule is CCCCC/C=C\C/C=C\CCCCCCCCOC[C@@H]1CN(C)C[C@@H]1COCCCCCCCC/C=C\C/C=C\CCCCC. The van der Waals surface area contributed by atoms with Crippen molar-refractivity contribution in [2.75, 3.05) is 46.6 Å². The Hall–Kier alpha value is -1.16. The summed E-state index contributed by atoms with van der Waals surface area (Å²) in [5.74, 6) is 1.26. The van der Waals surface area contributed by atoms with Gasteiger partial charge in [-0.05, 0) is 84.1 Å². The zero-order valence-electron chi connectivity index (χ0n) is 31.3. The highest BCUT2D eigenvalue weighted by Gasteiger charge is 2.30. The zero-order valence-corrected chi connectivity index (χ0v) is 31.3. The molecule has 0 aliphatic carbocycles. The first-order valence-corrected chi connectivity index (χ1v) is 20.2. The molecule has 1 aliphatic rings. The molecule has 0 aromatic carbocycles. The van der Waals surface area contributed by atoms with Crippen LogP contribution in [0.4, 0.5) is 0 Å². The van der Waals surface area contributed by atoms with Crippen molar-refractivity contribution in [3.05, 3.63) is 48.6 Å². The molecule has 0 radical (unpaired) electrons. The summed E-state index contributed by atoms with van der Waals surface area (Å²) in [5.41, 5.74) is 0. The minimum Gasteiger partial charge on any atom is -0.381 e. The van der Waals surface area contributed by atoms with Crippen molar-refractivity contribution in [1.29, 1.82) is 0 Å². The van der Waals surface area contributed by atoms with E-state index in [1.54, 1.807) is 0 Å². The molecule has 0 aromatic rings. The molecule has 46 heavy (non-hydrogen) atoms. The Balaban J connectivity index is 1.88. The van der Waals surface area contributed by atoms with Gasteiger partial charge in [0.1, 0.15) is 0 Å². The highest BCUT2D eigenvalue weighted by molar-refractivity contribution is 4.93. The smallest absolute Gasteiger partial charge is 0.0510 e. The van der Waals surface area contributed by atoms with Crippen LogP contribution in [0.25, 0.3) is 0 Å². The lowest BCUT2D eigenvalue weighted by Gasteiger charge is -2.18. The van der Waals surface area contributed by atoms with E-state index in [2.05, 4.69) is 74.4 Å². The molecule has 0 bridgehead atoms. The number of rotatable bonds is 34. The van der Waals surface area contributed by atoms with Crippen molar-refractivity contribution in [3.63, 3.8) is 0 Å². The highest BCUT2D eigenvalue weighted by Crippen LogP contribution is 2.23. The van der Waals surface area contributed by atoms with Crippen molar-refractivity contribution in [2.45, 2.75) is 168 Å². The van der Waals surface area contributed by atoms with Crippen LogP contribution < -0.4 is 0 Å². The Morgan fingerprint density at radius 2 is 0.761 bits per heavy atom. The van der Waals surface area contributed by atoms with Gasteiger partial charge in [-0.3, -0.25) is 0 Å². The molecule has 1 rings (SSSR count). The molecule has 0 spiro atoms. The van der Waals surface area contributed by atoms with Gasteiger partial charge >= 0.3 is 0 Å². The van der Waals surface area contributed by atoms with Crippen LogP contribution in [0.2, 0.25) is 0 Å². The summed E-state index contributed by atoms with van der Waals surface area (Å²) < 4.78 is 12.3. The summed E-state index contributed by atoms with van der Waals surface area (Å²) in [6.07, 6.45) is 49.9. The first-order chi connectivity index (χ1) is 22.8. The van der Waals surface area contributed by atoms with Crippen LogP contribution >= 0.6 is 0 Å². The topological polar surface area (TPSA) is 21.7 Å². The number of likely N-dealkylation sites (tertiary alicyclic amines) is 1. The van der Waals surface area contributed by atoms with Crippen molar-refractivity contribution in [2.24, 2.45) is 11.8 Å². The fourth-order valence-electron chi connectivity index (χ4n) is 6.40. The van der Waals surface area contributed by atoms with Gasteiger partial charge in [0, 0.05) is 38.1 Å². The van der Waals surface area contributed by atoms with Gasteiger partial charge in [0.05, 0.1) is 13.2 Å².